The van der Waals surface area contributed by atoms with E-state index in [9.17, 15) is 9.59 Å². The Balaban J connectivity index is 2.18. The van der Waals surface area contributed by atoms with Crippen molar-refractivity contribution in [2.45, 2.75) is 39.5 Å². The first kappa shape index (κ1) is 17.3. The summed E-state index contributed by atoms with van der Waals surface area (Å²) in [4.78, 5) is 27.6. The van der Waals surface area contributed by atoms with Gasteiger partial charge in [-0.05, 0) is 42.0 Å². The topological polar surface area (TPSA) is 40.6 Å². The van der Waals surface area contributed by atoms with Gasteiger partial charge in [-0.2, -0.15) is 0 Å². The fourth-order valence-electron chi connectivity index (χ4n) is 2.85. The molecule has 0 saturated carbocycles. The second-order valence-electron chi connectivity index (χ2n) is 6.95. The summed E-state index contributed by atoms with van der Waals surface area (Å²) in [6.07, 6.45) is 2.12. The van der Waals surface area contributed by atoms with Crippen molar-refractivity contribution in [1.29, 1.82) is 0 Å². The zero-order valence-electron chi connectivity index (χ0n) is 14.6. The van der Waals surface area contributed by atoms with Gasteiger partial charge in [0.1, 0.15) is 6.54 Å². The average molecular weight is 314 g/mol. The highest BCUT2D eigenvalue weighted by molar-refractivity contribution is 5.99. The number of amides is 2. The molecular formula is C19H26N2O2. The number of nitrogens with zero attached hydrogens (tertiary/aromatic N) is 2. The van der Waals surface area contributed by atoms with Gasteiger partial charge in [-0.15, -0.1) is 0 Å². The van der Waals surface area contributed by atoms with Gasteiger partial charge in [0.2, 0.25) is 11.8 Å². The number of hydrogen-bond donors (Lipinski definition) is 0. The van der Waals surface area contributed by atoms with Crippen LogP contribution in [-0.2, 0) is 21.4 Å². The summed E-state index contributed by atoms with van der Waals surface area (Å²) < 4.78 is 0. The minimum atomic E-state index is -0.205. The highest BCUT2D eigenvalue weighted by Crippen LogP contribution is 2.32. The van der Waals surface area contributed by atoms with Gasteiger partial charge in [0.05, 0.1) is 0 Å². The van der Waals surface area contributed by atoms with Crippen molar-refractivity contribution in [2.24, 2.45) is 0 Å². The van der Waals surface area contributed by atoms with Gasteiger partial charge in [0.25, 0.3) is 0 Å². The first-order valence-electron chi connectivity index (χ1n) is 8.13. The first-order valence-corrected chi connectivity index (χ1v) is 8.13. The summed E-state index contributed by atoms with van der Waals surface area (Å²) >= 11 is 0. The number of carbonyl (C=O) groups is 2. The zero-order valence-corrected chi connectivity index (χ0v) is 14.6. The molecule has 0 unspecified atom stereocenters. The van der Waals surface area contributed by atoms with Crippen molar-refractivity contribution in [3.05, 3.63) is 42.0 Å². The molecule has 0 aliphatic carbocycles. The minimum absolute atomic E-state index is 0.0377. The maximum absolute atomic E-state index is 12.6. The molecule has 0 saturated heterocycles. The molecule has 1 heterocycles. The Kier molecular flexibility index (Phi) is 4.93. The van der Waals surface area contributed by atoms with Crippen LogP contribution < -0.4 is 4.90 Å². The SMILES string of the molecule is C=CC(=O)N(CC)CC(=O)N1CCc2cc(C(C)(C)C)ccc21. The van der Waals surface area contributed by atoms with E-state index in [1.807, 2.05) is 13.0 Å². The third kappa shape index (κ3) is 3.63. The lowest BCUT2D eigenvalue weighted by atomic mass is 9.86. The maximum Gasteiger partial charge on any atom is 0.246 e. The van der Waals surface area contributed by atoms with Crippen LogP contribution in [0.3, 0.4) is 0 Å². The van der Waals surface area contributed by atoms with Gasteiger partial charge in [0, 0.05) is 18.8 Å². The molecule has 0 aromatic heterocycles. The van der Waals surface area contributed by atoms with Gasteiger partial charge < -0.3 is 9.80 Å². The smallest absolute Gasteiger partial charge is 0.246 e. The normalized spacial score (nSPS) is 13.7. The fourth-order valence-corrected chi connectivity index (χ4v) is 2.85. The molecular weight excluding hydrogens is 288 g/mol. The Morgan fingerprint density at radius 2 is 2.04 bits per heavy atom. The lowest BCUT2D eigenvalue weighted by Crippen LogP contribution is -2.41. The summed E-state index contributed by atoms with van der Waals surface area (Å²) in [5, 5.41) is 0. The van der Waals surface area contributed by atoms with Crippen LogP contribution in [0.1, 0.15) is 38.8 Å². The molecule has 124 valence electrons. The van der Waals surface area contributed by atoms with E-state index in [4.69, 9.17) is 0 Å². The molecule has 0 spiro atoms. The van der Waals surface area contributed by atoms with Crippen LogP contribution in [0, 0.1) is 0 Å². The van der Waals surface area contributed by atoms with E-state index in [0.29, 0.717) is 13.1 Å². The second kappa shape index (κ2) is 6.57. The van der Waals surface area contributed by atoms with E-state index in [2.05, 4.69) is 39.5 Å². The van der Waals surface area contributed by atoms with Gasteiger partial charge >= 0.3 is 0 Å². The number of carbonyl (C=O) groups excluding carboxylic acids is 2. The molecule has 4 heteroatoms. The molecule has 0 radical (unpaired) electrons. The van der Waals surface area contributed by atoms with E-state index < -0.39 is 0 Å². The van der Waals surface area contributed by atoms with Crippen LogP contribution in [0.4, 0.5) is 5.69 Å². The van der Waals surface area contributed by atoms with Crippen LogP contribution in [0.25, 0.3) is 0 Å². The van der Waals surface area contributed by atoms with Gasteiger partial charge in [0.15, 0.2) is 0 Å². The fraction of sp³-hybridized carbons (Fsp3) is 0.474. The number of hydrogen-bond acceptors (Lipinski definition) is 2. The zero-order chi connectivity index (χ0) is 17.2. The second-order valence-corrected chi connectivity index (χ2v) is 6.95. The predicted molar refractivity (Wildman–Crippen MR) is 93.7 cm³/mol. The molecule has 0 atom stereocenters. The van der Waals surface area contributed by atoms with E-state index in [1.165, 1.54) is 22.1 Å². The Morgan fingerprint density at radius 1 is 1.35 bits per heavy atom. The minimum Gasteiger partial charge on any atom is -0.330 e. The maximum atomic E-state index is 12.6. The quantitative estimate of drug-likeness (QED) is 0.802. The Labute approximate surface area is 138 Å². The van der Waals surface area contributed by atoms with Gasteiger partial charge in [-0.1, -0.05) is 39.5 Å². The monoisotopic (exact) mass is 314 g/mol. The number of benzene rings is 1. The van der Waals surface area contributed by atoms with Gasteiger partial charge in [-0.25, -0.2) is 0 Å². The van der Waals surface area contributed by atoms with E-state index >= 15 is 0 Å². The van der Waals surface area contributed by atoms with Crippen LogP contribution in [-0.4, -0.2) is 36.3 Å². The van der Waals surface area contributed by atoms with Crippen molar-refractivity contribution in [3.63, 3.8) is 0 Å². The van der Waals surface area contributed by atoms with Crippen LogP contribution in [0.15, 0.2) is 30.9 Å². The standard InChI is InChI=1S/C19H26N2O2/c1-6-17(22)20(7-2)13-18(23)21-11-10-14-12-15(19(3,4)5)8-9-16(14)21/h6,8-9,12H,1,7,10-11,13H2,2-5H3. The highest BCUT2D eigenvalue weighted by Gasteiger charge is 2.27. The summed E-state index contributed by atoms with van der Waals surface area (Å²) in [5.41, 5.74) is 3.57. The third-order valence-electron chi connectivity index (χ3n) is 4.34. The van der Waals surface area contributed by atoms with Crippen LogP contribution in [0.2, 0.25) is 0 Å². The number of likely N-dealkylation sites (N-methyl/N-ethyl adjacent to an activating group) is 1. The molecule has 2 amide bonds. The van der Waals surface area contributed by atoms with Gasteiger partial charge in [-0.3, -0.25) is 9.59 Å². The molecule has 1 aromatic carbocycles. The third-order valence-corrected chi connectivity index (χ3v) is 4.34. The average Bonchev–Trinajstić information content (AvgIpc) is 2.93. The van der Waals surface area contributed by atoms with Crippen molar-refractivity contribution in [2.75, 3.05) is 24.5 Å². The van der Waals surface area contributed by atoms with E-state index in [0.717, 1.165) is 12.1 Å². The lowest BCUT2D eigenvalue weighted by molar-refractivity contribution is -0.131. The van der Waals surface area contributed by atoms with Crippen molar-refractivity contribution in [1.82, 2.24) is 4.90 Å². The highest BCUT2D eigenvalue weighted by atomic mass is 16.2. The summed E-state index contributed by atoms with van der Waals surface area (Å²) in [7, 11) is 0. The van der Waals surface area contributed by atoms with Crippen LogP contribution >= 0.6 is 0 Å². The van der Waals surface area contributed by atoms with Crippen molar-refractivity contribution in [3.8, 4) is 0 Å². The lowest BCUT2D eigenvalue weighted by Gasteiger charge is -2.24. The Morgan fingerprint density at radius 3 is 2.61 bits per heavy atom. The molecule has 0 N–H and O–H groups in total. The molecule has 0 fully saturated rings. The molecule has 2 rings (SSSR count). The number of anilines is 1. The summed E-state index contributed by atoms with van der Waals surface area (Å²) in [6.45, 7) is 13.2. The van der Waals surface area contributed by atoms with Crippen molar-refractivity contribution < 1.29 is 9.59 Å². The van der Waals surface area contributed by atoms with Crippen LogP contribution in [0.5, 0.6) is 0 Å². The molecule has 23 heavy (non-hydrogen) atoms. The molecule has 1 aliphatic rings. The van der Waals surface area contributed by atoms with Crippen molar-refractivity contribution >= 4 is 17.5 Å². The Hall–Kier alpha value is -2.10. The Bertz CT molecular complexity index is 629. The van der Waals surface area contributed by atoms with E-state index in [1.54, 1.807) is 4.90 Å². The number of fused-ring (bicyclic) bond motifs is 1. The first-order chi connectivity index (χ1) is 10.8. The summed E-state index contributed by atoms with van der Waals surface area (Å²) in [5.74, 6) is -0.243. The molecule has 4 nitrogen and oxygen atoms in total. The molecule has 1 aliphatic heterocycles. The number of rotatable bonds is 4. The van der Waals surface area contributed by atoms with E-state index in [-0.39, 0.29) is 23.8 Å². The molecule has 1 aromatic rings. The predicted octanol–water partition coefficient (Wildman–Crippen LogP) is 2.91. The summed E-state index contributed by atoms with van der Waals surface area (Å²) in [6, 6.07) is 6.33. The molecule has 0 bridgehead atoms. The largest absolute Gasteiger partial charge is 0.330 e.